The van der Waals surface area contributed by atoms with Crippen LogP contribution in [0.2, 0.25) is 0 Å². The van der Waals surface area contributed by atoms with Crippen molar-refractivity contribution in [1.82, 2.24) is 4.81 Å². The summed E-state index contributed by atoms with van der Waals surface area (Å²) < 4.78 is 0. The molecule has 0 heterocycles. The van der Waals surface area contributed by atoms with Gasteiger partial charge in [0.1, 0.15) is 0 Å². The minimum atomic E-state index is -0.299. The SMILES string of the molecule is BN(C(N)=O)C1CCCC1. The van der Waals surface area contributed by atoms with Gasteiger partial charge in [0.2, 0.25) is 7.98 Å². The first-order valence-electron chi connectivity index (χ1n) is 3.74. The minimum absolute atomic E-state index is 0.299. The van der Waals surface area contributed by atoms with Crippen molar-refractivity contribution in [3.05, 3.63) is 0 Å². The van der Waals surface area contributed by atoms with E-state index in [0.29, 0.717) is 6.04 Å². The zero-order valence-electron chi connectivity index (χ0n) is 6.34. The molecule has 0 aromatic rings. The van der Waals surface area contributed by atoms with Gasteiger partial charge in [-0.25, -0.2) is 0 Å². The number of amides is 2. The van der Waals surface area contributed by atoms with Gasteiger partial charge in [-0.3, -0.25) is 4.79 Å². The molecule has 2 N–H and O–H groups in total. The molecule has 10 heavy (non-hydrogen) atoms. The number of urea groups is 1. The van der Waals surface area contributed by atoms with E-state index in [1.807, 2.05) is 0 Å². The summed E-state index contributed by atoms with van der Waals surface area (Å²) in [6, 6.07) is 0.115. The molecule has 1 aliphatic carbocycles. The fourth-order valence-electron chi connectivity index (χ4n) is 1.47. The summed E-state index contributed by atoms with van der Waals surface area (Å²) in [4.78, 5) is 12.3. The third-order valence-electron chi connectivity index (χ3n) is 2.22. The lowest BCUT2D eigenvalue weighted by molar-refractivity contribution is 0.223. The highest BCUT2D eigenvalue weighted by atomic mass is 16.2. The molecule has 0 aromatic carbocycles. The molecule has 0 bridgehead atoms. The van der Waals surface area contributed by atoms with Crippen molar-refractivity contribution < 1.29 is 4.79 Å². The van der Waals surface area contributed by atoms with Crippen molar-refractivity contribution >= 4 is 14.0 Å². The second-order valence-electron chi connectivity index (χ2n) is 2.89. The van der Waals surface area contributed by atoms with Crippen LogP contribution in [0.15, 0.2) is 0 Å². The highest BCUT2D eigenvalue weighted by Crippen LogP contribution is 2.21. The Hall–Kier alpha value is -0.665. The number of carbonyl (C=O) groups is 1. The van der Waals surface area contributed by atoms with Gasteiger partial charge < -0.3 is 10.5 Å². The molecule has 0 saturated heterocycles. The van der Waals surface area contributed by atoms with Crippen molar-refractivity contribution in [2.45, 2.75) is 31.7 Å². The number of nitrogens with zero attached hydrogens (tertiary/aromatic N) is 1. The summed E-state index contributed by atoms with van der Waals surface area (Å²) in [5, 5.41) is 0. The lowest BCUT2D eigenvalue weighted by Crippen LogP contribution is -2.40. The van der Waals surface area contributed by atoms with Crippen molar-refractivity contribution in [1.29, 1.82) is 0 Å². The van der Waals surface area contributed by atoms with Gasteiger partial charge in [0.15, 0.2) is 0 Å². The number of hydrogen-bond acceptors (Lipinski definition) is 1. The van der Waals surface area contributed by atoms with Gasteiger partial charge >= 0.3 is 6.03 Å². The van der Waals surface area contributed by atoms with Crippen LogP contribution in [0.1, 0.15) is 25.7 Å². The van der Waals surface area contributed by atoms with Crippen molar-refractivity contribution in [3.63, 3.8) is 0 Å². The Labute approximate surface area is 62.0 Å². The molecule has 1 rings (SSSR count). The third-order valence-corrected chi connectivity index (χ3v) is 2.22. The van der Waals surface area contributed by atoms with E-state index in [0.717, 1.165) is 12.8 Å². The lowest BCUT2D eigenvalue weighted by Gasteiger charge is -2.22. The van der Waals surface area contributed by atoms with Crippen LogP contribution in [-0.2, 0) is 0 Å². The number of carbonyl (C=O) groups excluding carboxylic acids is 1. The topological polar surface area (TPSA) is 46.3 Å². The normalized spacial score (nSPS) is 19.2. The van der Waals surface area contributed by atoms with Crippen LogP contribution in [0.5, 0.6) is 0 Å². The average molecular weight is 140 g/mol. The molecular formula is C6H13BN2O. The summed E-state index contributed by atoms with van der Waals surface area (Å²) in [6.07, 6.45) is 4.73. The smallest absolute Gasteiger partial charge is 0.302 e. The molecule has 0 aliphatic heterocycles. The molecule has 0 atom stereocenters. The van der Waals surface area contributed by atoms with E-state index in [-0.39, 0.29) is 6.03 Å². The maximum atomic E-state index is 10.6. The number of rotatable bonds is 1. The molecule has 0 unspecified atom stereocenters. The second-order valence-corrected chi connectivity index (χ2v) is 2.89. The molecule has 3 nitrogen and oxygen atoms in total. The first-order chi connectivity index (χ1) is 4.72. The minimum Gasteiger partial charge on any atom is -0.374 e. The molecule has 4 heteroatoms. The van der Waals surface area contributed by atoms with Crippen molar-refractivity contribution in [2.24, 2.45) is 5.73 Å². The zero-order valence-corrected chi connectivity index (χ0v) is 6.34. The zero-order chi connectivity index (χ0) is 7.56. The Bertz CT molecular complexity index is 134. The first kappa shape index (κ1) is 7.44. The van der Waals surface area contributed by atoms with Gasteiger partial charge in [-0.15, -0.1) is 0 Å². The van der Waals surface area contributed by atoms with Crippen LogP contribution in [0.4, 0.5) is 4.79 Å². The first-order valence-corrected chi connectivity index (χ1v) is 3.74. The Morgan fingerprint density at radius 3 is 2.40 bits per heavy atom. The summed E-state index contributed by atoms with van der Waals surface area (Å²) in [5.74, 6) is 0. The van der Waals surface area contributed by atoms with Gasteiger partial charge in [0.05, 0.1) is 0 Å². The monoisotopic (exact) mass is 140 g/mol. The lowest BCUT2D eigenvalue weighted by atomic mass is 10.1. The van der Waals surface area contributed by atoms with Crippen LogP contribution in [0.3, 0.4) is 0 Å². The van der Waals surface area contributed by atoms with E-state index in [9.17, 15) is 4.79 Å². The Balaban J connectivity index is 2.39. The Morgan fingerprint density at radius 2 is 2.00 bits per heavy atom. The highest BCUT2D eigenvalue weighted by molar-refractivity contribution is 6.13. The second kappa shape index (κ2) is 2.95. The Kier molecular flexibility index (Phi) is 2.19. The maximum Gasteiger partial charge on any atom is 0.302 e. The molecule has 0 radical (unpaired) electrons. The number of primary amides is 1. The van der Waals surface area contributed by atoms with Gasteiger partial charge in [0.25, 0.3) is 0 Å². The third kappa shape index (κ3) is 1.43. The van der Waals surface area contributed by atoms with E-state index >= 15 is 0 Å². The standard InChI is InChI=1S/C6H13BN2O/c7-9(6(8)10)5-3-1-2-4-5/h5H,1-4,7H2,(H2,8,10). The van der Waals surface area contributed by atoms with E-state index in [1.54, 1.807) is 12.8 Å². The molecule has 1 saturated carbocycles. The molecule has 1 fully saturated rings. The quantitative estimate of drug-likeness (QED) is 0.506. The molecule has 0 spiro atoms. The average Bonchev–Trinajstić information content (AvgIpc) is 2.36. The van der Waals surface area contributed by atoms with Gasteiger partial charge in [-0.2, -0.15) is 0 Å². The van der Waals surface area contributed by atoms with E-state index in [2.05, 4.69) is 0 Å². The highest BCUT2D eigenvalue weighted by Gasteiger charge is 2.20. The van der Waals surface area contributed by atoms with E-state index in [4.69, 9.17) is 5.73 Å². The predicted molar refractivity (Wildman–Crippen MR) is 42.2 cm³/mol. The van der Waals surface area contributed by atoms with Crippen LogP contribution in [-0.4, -0.2) is 24.9 Å². The summed E-state index contributed by atoms with van der Waals surface area (Å²) >= 11 is 0. The molecular weight excluding hydrogens is 127 g/mol. The number of hydrogen-bond donors (Lipinski definition) is 1. The summed E-state index contributed by atoms with van der Waals surface area (Å²) in [5.41, 5.74) is 5.10. The largest absolute Gasteiger partial charge is 0.374 e. The van der Waals surface area contributed by atoms with Gasteiger partial charge in [-0.1, -0.05) is 12.8 Å². The van der Waals surface area contributed by atoms with E-state index in [1.165, 1.54) is 12.8 Å². The van der Waals surface area contributed by atoms with Crippen LogP contribution in [0, 0.1) is 0 Å². The van der Waals surface area contributed by atoms with Crippen LogP contribution in [0.25, 0.3) is 0 Å². The Morgan fingerprint density at radius 1 is 1.50 bits per heavy atom. The fourth-order valence-corrected chi connectivity index (χ4v) is 1.47. The molecule has 0 aromatic heterocycles. The van der Waals surface area contributed by atoms with E-state index < -0.39 is 0 Å². The maximum absolute atomic E-state index is 10.6. The van der Waals surface area contributed by atoms with Crippen LogP contribution < -0.4 is 5.73 Å². The predicted octanol–water partition coefficient (Wildman–Crippen LogP) is -0.142. The molecule has 2 amide bonds. The van der Waals surface area contributed by atoms with Crippen LogP contribution >= 0.6 is 0 Å². The summed E-state index contributed by atoms with van der Waals surface area (Å²) in [6.45, 7) is 0. The van der Waals surface area contributed by atoms with Crippen molar-refractivity contribution in [3.8, 4) is 0 Å². The molecule has 56 valence electrons. The van der Waals surface area contributed by atoms with Gasteiger partial charge in [0, 0.05) is 6.04 Å². The van der Waals surface area contributed by atoms with Crippen molar-refractivity contribution in [2.75, 3.05) is 0 Å². The summed E-state index contributed by atoms with van der Waals surface area (Å²) in [7, 11) is 1.78. The molecule has 1 aliphatic rings. The number of nitrogens with two attached hydrogens (primary N) is 1. The fraction of sp³-hybridized carbons (Fsp3) is 0.833. The van der Waals surface area contributed by atoms with Gasteiger partial charge in [-0.05, 0) is 12.8 Å².